The molecule has 2 aromatic carbocycles. The number of nitrogens with one attached hydrogen (secondary N) is 2. The molecular weight excluding hydrogens is 388 g/mol. The molecule has 6 rings (SSSR count). The molecule has 4 heterocycles. The van der Waals surface area contributed by atoms with E-state index >= 15 is 0 Å². The van der Waals surface area contributed by atoms with Crippen LogP contribution in [0.25, 0.3) is 55.1 Å². The Morgan fingerprint density at radius 3 is 2.61 bits per heavy atom. The average Bonchev–Trinajstić information content (AvgIpc) is 3.47. The van der Waals surface area contributed by atoms with Gasteiger partial charge in [-0.3, -0.25) is 4.98 Å². The van der Waals surface area contributed by atoms with Crippen LogP contribution in [0, 0.1) is 13.8 Å². The summed E-state index contributed by atoms with van der Waals surface area (Å²) >= 11 is 0. The number of methoxy groups -OCH3 is 1. The molecule has 2 N–H and O–H groups in total. The number of aromatic nitrogens is 4. The normalized spacial score (nSPS) is 11.7. The molecule has 0 aliphatic rings. The highest BCUT2D eigenvalue weighted by Gasteiger charge is 2.20. The van der Waals surface area contributed by atoms with Gasteiger partial charge in [0, 0.05) is 50.7 Å². The number of rotatable bonds is 3. The molecule has 0 radical (unpaired) electrons. The molecule has 0 saturated carbocycles. The number of benzene rings is 2. The van der Waals surface area contributed by atoms with Gasteiger partial charge < -0.3 is 19.2 Å². The van der Waals surface area contributed by atoms with Crippen LogP contribution in [-0.2, 0) is 0 Å². The van der Waals surface area contributed by atoms with Crippen LogP contribution < -0.4 is 4.74 Å². The lowest BCUT2D eigenvalue weighted by molar-refractivity contribution is 0.393. The van der Waals surface area contributed by atoms with Crippen LogP contribution >= 0.6 is 0 Å². The number of hydrogen-bond donors (Lipinski definition) is 2. The lowest BCUT2D eigenvalue weighted by Crippen LogP contribution is -1.90. The lowest BCUT2D eigenvalue weighted by Gasteiger charge is -2.09. The van der Waals surface area contributed by atoms with Crippen molar-refractivity contribution in [2.45, 2.75) is 13.8 Å². The summed E-state index contributed by atoms with van der Waals surface area (Å²) in [7, 11) is 1.69. The highest BCUT2D eigenvalue weighted by atomic mass is 16.5. The molecule has 0 spiro atoms. The Morgan fingerprint density at radius 1 is 0.935 bits per heavy atom. The van der Waals surface area contributed by atoms with Crippen molar-refractivity contribution >= 4 is 32.7 Å². The molecule has 0 unspecified atom stereocenters. The number of ether oxygens (including phenoxy) is 1. The second kappa shape index (κ2) is 6.47. The molecule has 0 bridgehead atoms. The van der Waals surface area contributed by atoms with Crippen molar-refractivity contribution in [3.8, 4) is 28.1 Å². The maximum atomic E-state index is 5.80. The van der Waals surface area contributed by atoms with Gasteiger partial charge in [0.25, 0.3) is 0 Å². The van der Waals surface area contributed by atoms with Crippen molar-refractivity contribution in [2.75, 3.05) is 7.11 Å². The maximum absolute atomic E-state index is 5.80. The Kier molecular flexibility index (Phi) is 3.71. The SMILES string of the molecule is COc1cc2c(cc1-c1c(C)noc1C)[nH]c1ccnc(-c3c[nH]c4ccccc34)c12. The van der Waals surface area contributed by atoms with E-state index in [-0.39, 0.29) is 0 Å². The first-order valence-electron chi connectivity index (χ1n) is 10.1. The molecule has 152 valence electrons. The molecule has 6 heteroatoms. The highest BCUT2D eigenvalue weighted by molar-refractivity contribution is 6.16. The van der Waals surface area contributed by atoms with Crippen LogP contribution in [0.5, 0.6) is 5.75 Å². The van der Waals surface area contributed by atoms with Crippen molar-refractivity contribution in [1.82, 2.24) is 20.1 Å². The van der Waals surface area contributed by atoms with Gasteiger partial charge in [-0.2, -0.15) is 0 Å². The van der Waals surface area contributed by atoms with Gasteiger partial charge in [-0.25, -0.2) is 0 Å². The van der Waals surface area contributed by atoms with Gasteiger partial charge in [-0.1, -0.05) is 23.4 Å². The van der Waals surface area contributed by atoms with E-state index in [1.54, 1.807) is 7.11 Å². The number of hydrogen-bond acceptors (Lipinski definition) is 4. The average molecular weight is 408 g/mol. The summed E-state index contributed by atoms with van der Waals surface area (Å²) in [5.41, 5.74) is 7.92. The minimum Gasteiger partial charge on any atom is -0.496 e. The van der Waals surface area contributed by atoms with E-state index in [4.69, 9.17) is 14.2 Å². The van der Waals surface area contributed by atoms with Crippen molar-refractivity contribution < 1.29 is 9.26 Å². The largest absolute Gasteiger partial charge is 0.496 e. The van der Waals surface area contributed by atoms with Gasteiger partial charge in [-0.15, -0.1) is 0 Å². The van der Waals surface area contributed by atoms with Gasteiger partial charge >= 0.3 is 0 Å². The molecular formula is C25H20N4O2. The summed E-state index contributed by atoms with van der Waals surface area (Å²) in [6.45, 7) is 3.86. The van der Waals surface area contributed by atoms with Crippen molar-refractivity contribution in [2.24, 2.45) is 0 Å². The Balaban J connectivity index is 1.68. The molecule has 0 fully saturated rings. The summed E-state index contributed by atoms with van der Waals surface area (Å²) in [5.74, 6) is 1.55. The molecule has 0 aliphatic heterocycles. The van der Waals surface area contributed by atoms with Crippen LogP contribution in [0.2, 0.25) is 0 Å². The predicted molar refractivity (Wildman–Crippen MR) is 122 cm³/mol. The quantitative estimate of drug-likeness (QED) is 0.368. The monoisotopic (exact) mass is 408 g/mol. The maximum Gasteiger partial charge on any atom is 0.141 e. The number of para-hydroxylation sites is 1. The van der Waals surface area contributed by atoms with Crippen molar-refractivity contribution in [3.05, 3.63) is 66.3 Å². The topological polar surface area (TPSA) is 79.7 Å². The fraction of sp³-hybridized carbons (Fsp3) is 0.120. The minimum absolute atomic E-state index is 0.771. The highest BCUT2D eigenvalue weighted by Crippen LogP contribution is 2.42. The van der Waals surface area contributed by atoms with Crippen molar-refractivity contribution in [1.29, 1.82) is 0 Å². The smallest absolute Gasteiger partial charge is 0.141 e. The van der Waals surface area contributed by atoms with Gasteiger partial charge in [-0.05, 0) is 38.1 Å². The summed E-state index contributed by atoms with van der Waals surface area (Å²) in [4.78, 5) is 11.7. The van der Waals surface area contributed by atoms with Gasteiger partial charge in [0.1, 0.15) is 11.5 Å². The standard InChI is InChI=1S/C25H20N4O2/c1-13-23(14(2)31-29-13)17-10-21-16(11-22(17)30-3)24-20(28-21)8-9-26-25(24)18-12-27-19-7-5-4-6-15(18)19/h4-12,27-28H,1-3H3. The third kappa shape index (κ3) is 2.51. The number of H-pyrrole nitrogens is 2. The van der Waals surface area contributed by atoms with Gasteiger partial charge in [0.15, 0.2) is 0 Å². The molecule has 4 aromatic heterocycles. The van der Waals surface area contributed by atoms with Crippen LogP contribution in [-0.4, -0.2) is 27.2 Å². The van der Waals surface area contributed by atoms with Gasteiger partial charge in [0.05, 0.1) is 29.6 Å². The van der Waals surface area contributed by atoms with Gasteiger partial charge in [0.2, 0.25) is 0 Å². The van der Waals surface area contributed by atoms with E-state index in [2.05, 4.69) is 39.4 Å². The summed E-state index contributed by atoms with van der Waals surface area (Å²) in [5, 5.41) is 7.40. The van der Waals surface area contributed by atoms with E-state index in [1.807, 2.05) is 44.4 Å². The molecule has 0 aliphatic carbocycles. The summed E-state index contributed by atoms with van der Waals surface area (Å²) < 4.78 is 11.2. The first kappa shape index (κ1) is 17.8. The van der Waals surface area contributed by atoms with E-state index in [0.29, 0.717) is 0 Å². The van der Waals surface area contributed by atoms with Crippen LogP contribution in [0.3, 0.4) is 0 Å². The van der Waals surface area contributed by atoms with E-state index in [0.717, 1.165) is 72.3 Å². The zero-order chi connectivity index (χ0) is 21.1. The van der Waals surface area contributed by atoms with E-state index < -0.39 is 0 Å². The second-order valence-corrected chi connectivity index (χ2v) is 7.75. The number of aromatic amines is 2. The molecule has 6 nitrogen and oxygen atoms in total. The minimum atomic E-state index is 0.771. The Morgan fingerprint density at radius 2 is 1.81 bits per heavy atom. The third-order valence-corrected chi connectivity index (χ3v) is 5.98. The number of fused-ring (bicyclic) bond motifs is 4. The van der Waals surface area contributed by atoms with Crippen LogP contribution in [0.4, 0.5) is 0 Å². The number of aryl methyl sites for hydroxylation is 2. The molecule has 0 saturated heterocycles. The number of nitrogens with zero attached hydrogens (tertiary/aromatic N) is 2. The molecule has 0 atom stereocenters. The Bertz CT molecular complexity index is 1580. The van der Waals surface area contributed by atoms with E-state index in [1.165, 1.54) is 0 Å². The predicted octanol–water partition coefficient (Wildman–Crippen LogP) is 6.14. The molecule has 0 amide bonds. The fourth-order valence-corrected chi connectivity index (χ4v) is 4.58. The zero-order valence-corrected chi connectivity index (χ0v) is 17.4. The lowest BCUT2D eigenvalue weighted by atomic mass is 9.99. The molecule has 6 aromatic rings. The fourth-order valence-electron chi connectivity index (χ4n) is 4.58. The summed E-state index contributed by atoms with van der Waals surface area (Å²) in [6.07, 6.45) is 3.88. The van der Waals surface area contributed by atoms with Crippen LogP contribution in [0.1, 0.15) is 11.5 Å². The first-order chi connectivity index (χ1) is 15.2. The third-order valence-electron chi connectivity index (χ3n) is 5.98. The summed E-state index contributed by atoms with van der Waals surface area (Å²) in [6, 6.07) is 14.5. The Hall–Kier alpha value is -4.06. The van der Waals surface area contributed by atoms with Crippen LogP contribution in [0.15, 0.2) is 59.4 Å². The number of pyridine rings is 1. The van der Waals surface area contributed by atoms with E-state index in [9.17, 15) is 0 Å². The zero-order valence-electron chi connectivity index (χ0n) is 17.4. The van der Waals surface area contributed by atoms with Crippen molar-refractivity contribution in [3.63, 3.8) is 0 Å². The first-order valence-corrected chi connectivity index (χ1v) is 10.1. The second-order valence-electron chi connectivity index (χ2n) is 7.75. The Labute approximate surface area is 177 Å². The molecule has 31 heavy (non-hydrogen) atoms.